The second-order valence-electron chi connectivity index (χ2n) is 4.50. The highest BCUT2D eigenvalue weighted by Gasteiger charge is 2.14. The minimum atomic E-state index is -2.93. The maximum absolute atomic E-state index is 12.4. The van der Waals surface area contributed by atoms with Crippen LogP contribution in [0.5, 0.6) is 11.5 Å². The Kier molecular flexibility index (Phi) is 5.74. The molecule has 0 aliphatic rings. The molecule has 0 aliphatic heterocycles. The number of benzene rings is 1. The van der Waals surface area contributed by atoms with Crippen molar-refractivity contribution in [3.63, 3.8) is 0 Å². The Morgan fingerprint density at radius 1 is 1.27 bits per heavy atom. The Hall–Kier alpha value is -2.12. The number of methoxy groups -OCH3 is 1. The van der Waals surface area contributed by atoms with E-state index in [-0.39, 0.29) is 24.1 Å². The minimum absolute atomic E-state index is 0.0321. The summed E-state index contributed by atoms with van der Waals surface area (Å²) >= 11 is 0. The Morgan fingerprint density at radius 2 is 2.09 bits per heavy atom. The average Bonchev–Trinajstić information content (AvgIpc) is 3.02. The van der Waals surface area contributed by atoms with Crippen molar-refractivity contribution < 1.29 is 27.8 Å². The summed E-state index contributed by atoms with van der Waals surface area (Å²) in [5.41, 5.74) is 0.710. The van der Waals surface area contributed by atoms with Crippen molar-refractivity contribution in [3.05, 3.63) is 47.9 Å². The fraction of sp³-hybridized carbons (Fsp3) is 0.333. The van der Waals surface area contributed by atoms with Crippen LogP contribution in [0.2, 0.25) is 0 Å². The molecule has 0 radical (unpaired) electrons. The molecule has 7 heteroatoms. The van der Waals surface area contributed by atoms with E-state index < -0.39 is 6.61 Å². The molecule has 2 aromatic rings. The van der Waals surface area contributed by atoms with Crippen molar-refractivity contribution in [2.24, 2.45) is 0 Å². The number of hydrogen-bond acceptors (Lipinski definition) is 5. The second kappa shape index (κ2) is 7.77. The van der Waals surface area contributed by atoms with Crippen molar-refractivity contribution in [1.29, 1.82) is 0 Å². The lowest BCUT2D eigenvalue weighted by molar-refractivity contribution is -0.0512. The zero-order valence-corrected chi connectivity index (χ0v) is 12.0. The van der Waals surface area contributed by atoms with Gasteiger partial charge < -0.3 is 24.3 Å². The number of nitrogens with one attached hydrogen (secondary N) is 1. The first kappa shape index (κ1) is 16.3. The summed E-state index contributed by atoms with van der Waals surface area (Å²) in [6, 6.07) is 7.83. The number of halogens is 2. The normalized spacial score (nSPS) is 12.4. The van der Waals surface area contributed by atoms with Gasteiger partial charge in [0.05, 0.1) is 26.0 Å². The van der Waals surface area contributed by atoms with E-state index in [2.05, 4.69) is 10.1 Å². The van der Waals surface area contributed by atoms with Crippen LogP contribution in [0.3, 0.4) is 0 Å². The second-order valence-corrected chi connectivity index (χ2v) is 4.50. The number of hydrogen-bond donors (Lipinski definition) is 2. The van der Waals surface area contributed by atoms with E-state index in [0.29, 0.717) is 17.9 Å². The van der Waals surface area contributed by atoms with Gasteiger partial charge in [-0.3, -0.25) is 0 Å². The monoisotopic (exact) mass is 313 g/mol. The van der Waals surface area contributed by atoms with Gasteiger partial charge in [0.1, 0.15) is 5.76 Å². The van der Waals surface area contributed by atoms with E-state index in [1.54, 1.807) is 24.3 Å². The van der Waals surface area contributed by atoms with Crippen LogP contribution in [-0.2, 0) is 6.54 Å². The zero-order valence-electron chi connectivity index (χ0n) is 12.0. The molecule has 22 heavy (non-hydrogen) atoms. The molecule has 0 amide bonds. The predicted octanol–water partition coefficient (Wildman–Crippen LogP) is 2.71. The van der Waals surface area contributed by atoms with E-state index in [1.807, 2.05) is 0 Å². The lowest BCUT2D eigenvalue weighted by atomic mass is 10.1. The fourth-order valence-corrected chi connectivity index (χ4v) is 2.00. The molecule has 1 aromatic heterocycles. The molecule has 1 unspecified atom stereocenters. The van der Waals surface area contributed by atoms with Crippen molar-refractivity contribution in [3.8, 4) is 11.5 Å². The highest BCUT2D eigenvalue weighted by molar-refractivity contribution is 5.43. The van der Waals surface area contributed by atoms with Crippen molar-refractivity contribution in [2.75, 3.05) is 13.7 Å². The molecule has 0 saturated carbocycles. The van der Waals surface area contributed by atoms with Crippen LogP contribution < -0.4 is 14.8 Å². The first-order chi connectivity index (χ1) is 10.6. The summed E-state index contributed by atoms with van der Waals surface area (Å²) in [6.07, 6.45) is 1.52. The molecule has 1 heterocycles. The molecule has 120 valence electrons. The molecule has 1 aromatic carbocycles. The van der Waals surface area contributed by atoms with Gasteiger partial charge >= 0.3 is 6.61 Å². The predicted molar refractivity (Wildman–Crippen MR) is 75.0 cm³/mol. The number of rotatable bonds is 8. The van der Waals surface area contributed by atoms with E-state index >= 15 is 0 Å². The highest BCUT2D eigenvalue weighted by Crippen LogP contribution is 2.29. The van der Waals surface area contributed by atoms with Crippen LogP contribution in [0, 0.1) is 0 Å². The summed E-state index contributed by atoms with van der Waals surface area (Å²) < 4.78 is 39.4. The summed E-state index contributed by atoms with van der Waals surface area (Å²) in [4.78, 5) is 0. The van der Waals surface area contributed by atoms with Crippen LogP contribution in [0.15, 0.2) is 41.0 Å². The average molecular weight is 313 g/mol. The summed E-state index contributed by atoms with van der Waals surface area (Å²) in [5.74, 6) is 0.796. The molecule has 0 spiro atoms. The van der Waals surface area contributed by atoms with Crippen LogP contribution >= 0.6 is 0 Å². The van der Waals surface area contributed by atoms with Gasteiger partial charge in [-0.15, -0.1) is 0 Å². The Morgan fingerprint density at radius 3 is 2.68 bits per heavy atom. The molecule has 0 aliphatic carbocycles. The quantitative estimate of drug-likeness (QED) is 0.784. The lowest BCUT2D eigenvalue weighted by Gasteiger charge is -2.15. The van der Waals surface area contributed by atoms with Crippen molar-refractivity contribution in [1.82, 2.24) is 5.32 Å². The van der Waals surface area contributed by atoms with Gasteiger partial charge in [0.2, 0.25) is 0 Å². The highest BCUT2D eigenvalue weighted by atomic mass is 19.3. The first-order valence-corrected chi connectivity index (χ1v) is 6.63. The third kappa shape index (κ3) is 4.19. The number of aliphatic hydroxyl groups is 1. The number of alkyl halides is 2. The van der Waals surface area contributed by atoms with Crippen LogP contribution in [0.25, 0.3) is 0 Å². The number of furan rings is 1. The largest absolute Gasteiger partial charge is 0.493 e. The third-order valence-corrected chi connectivity index (χ3v) is 3.07. The molecule has 0 bridgehead atoms. The van der Waals surface area contributed by atoms with Gasteiger partial charge in [0.25, 0.3) is 0 Å². The van der Waals surface area contributed by atoms with E-state index in [4.69, 9.17) is 9.15 Å². The molecular formula is C15H17F2NO4. The number of ether oxygens (including phenoxy) is 2. The van der Waals surface area contributed by atoms with Gasteiger partial charge in [-0.05, 0) is 29.8 Å². The molecule has 2 N–H and O–H groups in total. The van der Waals surface area contributed by atoms with Gasteiger partial charge in [-0.2, -0.15) is 8.78 Å². The van der Waals surface area contributed by atoms with Crippen LogP contribution in [0.1, 0.15) is 17.4 Å². The number of aliphatic hydroxyl groups excluding tert-OH is 1. The van der Waals surface area contributed by atoms with E-state index in [1.165, 1.54) is 19.4 Å². The van der Waals surface area contributed by atoms with Gasteiger partial charge in [-0.25, -0.2) is 0 Å². The van der Waals surface area contributed by atoms with Gasteiger partial charge in [0, 0.05) is 6.54 Å². The third-order valence-electron chi connectivity index (χ3n) is 3.07. The molecular weight excluding hydrogens is 296 g/mol. The topological polar surface area (TPSA) is 63.9 Å². The standard InChI is InChI=1S/C15H17F2NO4/c1-20-13-5-4-10(7-14(13)22-15(16)17)8-18-11(9-19)12-3-2-6-21-12/h2-7,11,15,18-19H,8-9H2,1H3. The van der Waals surface area contributed by atoms with Gasteiger partial charge in [-0.1, -0.05) is 6.07 Å². The molecule has 0 saturated heterocycles. The SMILES string of the molecule is COc1ccc(CNC(CO)c2ccco2)cc1OC(F)F. The molecule has 0 fully saturated rings. The Bertz CT molecular complexity index is 575. The Balaban J connectivity index is 2.06. The van der Waals surface area contributed by atoms with Crippen molar-refractivity contribution >= 4 is 0 Å². The molecule has 1 atom stereocenters. The summed E-state index contributed by atoms with van der Waals surface area (Å²) in [6.45, 7) is -2.73. The van der Waals surface area contributed by atoms with Crippen LogP contribution in [-0.4, -0.2) is 25.4 Å². The van der Waals surface area contributed by atoms with E-state index in [0.717, 1.165) is 0 Å². The molecule has 2 rings (SSSR count). The lowest BCUT2D eigenvalue weighted by Crippen LogP contribution is -2.23. The maximum Gasteiger partial charge on any atom is 0.387 e. The zero-order chi connectivity index (χ0) is 15.9. The van der Waals surface area contributed by atoms with Crippen LogP contribution in [0.4, 0.5) is 8.78 Å². The van der Waals surface area contributed by atoms with Crippen molar-refractivity contribution in [2.45, 2.75) is 19.2 Å². The molecule has 5 nitrogen and oxygen atoms in total. The first-order valence-electron chi connectivity index (χ1n) is 6.63. The van der Waals surface area contributed by atoms with Gasteiger partial charge in [0.15, 0.2) is 11.5 Å². The van der Waals surface area contributed by atoms with E-state index in [9.17, 15) is 13.9 Å². The maximum atomic E-state index is 12.4. The minimum Gasteiger partial charge on any atom is -0.493 e. The summed E-state index contributed by atoms with van der Waals surface area (Å²) in [7, 11) is 1.38. The fourth-order valence-electron chi connectivity index (χ4n) is 2.00. The smallest absolute Gasteiger partial charge is 0.387 e. The summed E-state index contributed by atoms with van der Waals surface area (Å²) in [5, 5.41) is 12.4. The Labute approximate surface area is 126 Å².